The summed E-state index contributed by atoms with van der Waals surface area (Å²) in [7, 11) is 0. The summed E-state index contributed by atoms with van der Waals surface area (Å²) in [4.78, 5) is 12.3. The first-order valence-corrected chi connectivity index (χ1v) is 6.36. The van der Waals surface area contributed by atoms with Gasteiger partial charge in [0.1, 0.15) is 5.75 Å². The Balaban J connectivity index is 2.21. The van der Waals surface area contributed by atoms with E-state index in [1.165, 1.54) is 18.2 Å². The van der Waals surface area contributed by atoms with Gasteiger partial charge in [0, 0.05) is 5.92 Å². The lowest BCUT2D eigenvalue weighted by Gasteiger charge is -2.21. The maximum Gasteiger partial charge on any atom is 0.573 e. The zero-order valence-electron chi connectivity index (χ0n) is 10.4. The molecule has 0 bridgehead atoms. The van der Waals surface area contributed by atoms with Gasteiger partial charge in [-0.1, -0.05) is 31.4 Å². The van der Waals surface area contributed by atoms with Gasteiger partial charge in [0.15, 0.2) is 5.78 Å². The molecule has 5 heteroatoms. The zero-order valence-corrected chi connectivity index (χ0v) is 10.4. The third kappa shape index (κ3) is 3.72. The molecule has 2 nitrogen and oxygen atoms in total. The van der Waals surface area contributed by atoms with Crippen LogP contribution >= 0.6 is 0 Å². The molecule has 0 saturated heterocycles. The van der Waals surface area contributed by atoms with Crippen molar-refractivity contribution in [2.45, 2.75) is 38.5 Å². The van der Waals surface area contributed by atoms with Gasteiger partial charge in [-0.2, -0.15) is 0 Å². The van der Waals surface area contributed by atoms with E-state index in [4.69, 9.17) is 0 Å². The molecular weight excluding hydrogens is 257 g/mol. The predicted molar refractivity (Wildman–Crippen MR) is 64.0 cm³/mol. The van der Waals surface area contributed by atoms with Crippen LogP contribution in [-0.2, 0) is 0 Å². The van der Waals surface area contributed by atoms with Gasteiger partial charge >= 0.3 is 6.36 Å². The first-order chi connectivity index (χ1) is 8.97. The molecule has 0 aliphatic heterocycles. The lowest BCUT2D eigenvalue weighted by Crippen LogP contribution is -2.22. The highest BCUT2D eigenvalue weighted by Crippen LogP contribution is 2.32. The molecule has 0 N–H and O–H groups in total. The van der Waals surface area contributed by atoms with E-state index in [2.05, 4.69) is 4.74 Å². The summed E-state index contributed by atoms with van der Waals surface area (Å²) in [6.07, 6.45) is -0.275. The number of para-hydroxylation sites is 1. The van der Waals surface area contributed by atoms with E-state index in [1.54, 1.807) is 6.07 Å². The van der Waals surface area contributed by atoms with Crippen molar-refractivity contribution in [1.82, 2.24) is 0 Å². The van der Waals surface area contributed by atoms with Gasteiger partial charge in [-0.15, -0.1) is 13.2 Å². The number of carbonyl (C=O) groups excluding carboxylic acids is 1. The van der Waals surface area contributed by atoms with Crippen molar-refractivity contribution in [1.29, 1.82) is 0 Å². The standard InChI is InChI=1S/C14H15F3O2/c15-14(16,17)19-12-9-5-4-8-11(12)13(18)10-6-2-1-3-7-10/h4-5,8-10H,1-3,6-7H2. The van der Waals surface area contributed by atoms with Gasteiger partial charge in [0.2, 0.25) is 0 Å². The topological polar surface area (TPSA) is 26.3 Å². The fourth-order valence-electron chi connectivity index (χ4n) is 2.47. The number of ketones is 1. The molecule has 0 spiro atoms. The summed E-state index contributed by atoms with van der Waals surface area (Å²) in [6.45, 7) is 0. The summed E-state index contributed by atoms with van der Waals surface area (Å²) < 4.78 is 40.8. The number of hydrogen-bond donors (Lipinski definition) is 0. The summed E-state index contributed by atoms with van der Waals surface area (Å²) >= 11 is 0. The zero-order chi connectivity index (χ0) is 13.9. The molecule has 0 unspecified atom stereocenters. The maximum absolute atomic E-state index is 12.3. The van der Waals surface area contributed by atoms with Gasteiger partial charge < -0.3 is 4.74 Å². The van der Waals surface area contributed by atoms with E-state index in [0.29, 0.717) is 0 Å². The highest BCUT2D eigenvalue weighted by molar-refractivity contribution is 6.00. The van der Waals surface area contributed by atoms with Gasteiger partial charge in [-0.3, -0.25) is 4.79 Å². The van der Waals surface area contributed by atoms with Crippen LogP contribution < -0.4 is 4.74 Å². The number of carbonyl (C=O) groups is 1. The molecule has 1 aromatic carbocycles. The van der Waals surface area contributed by atoms with Crippen LogP contribution in [0, 0.1) is 5.92 Å². The Morgan fingerprint density at radius 3 is 2.37 bits per heavy atom. The molecule has 0 aromatic heterocycles. The Hall–Kier alpha value is -1.52. The molecule has 104 valence electrons. The third-order valence-electron chi connectivity index (χ3n) is 3.35. The lowest BCUT2D eigenvalue weighted by molar-refractivity contribution is -0.274. The van der Waals surface area contributed by atoms with Crippen molar-refractivity contribution in [3.8, 4) is 5.75 Å². The number of benzene rings is 1. The van der Waals surface area contributed by atoms with Crippen LogP contribution in [0.3, 0.4) is 0 Å². The number of hydrogen-bond acceptors (Lipinski definition) is 2. The molecule has 0 atom stereocenters. The molecule has 1 aliphatic carbocycles. The molecule has 1 aromatic rings. The van der Waals surface area contributed by atoms with Crippen molar-refractivity contribution in [2.75, 3.05) is 0 Å². The van der Waals surface area contributed by atoms with Crippen LogP contribution in [-0.4, -0.2) is 12.1 Å². The van der Waals surface area contributed by atoms with Crippen LogP contribution in [0.4, 0.5) is 13.2 Å². The van der Waals surface area contributed by atoms with Crippen LogP contribution in [0.5, 0.6) is 5.75 Å². The summed E-state index contributed by atoms with van der Waals surface area (Å²) in [6, 6.07) is 5.57. The van der Waals surface area contributed by atoms with E-state index >= 15 is 0 Å². The quantitative estimate of drug-likeness (QED) is 0.765. The summed E-state index contributed by atoms with van der Waals surface area (Å²) in [5.41, 5.74) is 0.0340. The number of Topliss-reactive ketones (excluding diaryl/α,β-unsaturated/α-hetero) is 1. The molecule has 1 saturated carbocycles. The van der Waals surface area contributed by atoms with E-state index in [9.17, 15) is 18.0 Å². The highest BCUT2D eigenvalue weighted by Gasteiger charge is 2.33. The Morgan fingerprint density at radius 2 is 1.74 bits per heavy atom. The molecule has 19 heavy (non-hydrogen) atoms. The predicted octanol–water partition coefficient (Wildman–Crippen LogP) is 4.35. The number of alkyl halides is 3. The highest BCUT2D eigenvalue weighted by atomic mass is 19.4. The van der Waals surface area contributed by atoms with E-state index in [1.807, 2.05) is 0 Å². The van der Waals surface area contributed by atoms with Crippen molar-refractivity contribution in [3.05, 3.63) is 29.8 Å². The summed E-state index contributed by atoms with van der Waals surface area (Å²) in [5.74, 6) is -0.808. The fraction of sp³-hybridized carbons (Fsp3) is 0.500. The van der Waals surface area contributed by atoms with Crippen molar-refractivity contribution < 1.29 is 22.7 Å². The van der Waals surface area contributed by atoms with Crippen molar-refractivity contribution >= 4 is 5.78 Å². The third-order valence-corrected chi connectivity index (χ3v) is 3.35. The molecular formula is C14H15F3O2. The van der Waals surface area contributed by atoms with Gasteiger partial charge in [0.25, 0.3) is 0 Å². The minimum absolute atomic E-state index is 0.0340. The SMILES string of the molecule is O=C(c1ccccc1OC(F)(F)F)C1CCCCC1. The largest absolute Gasteiger partial charge is 0.573 e. The Kier molecular flexibility index (Phi) is 4.12. The van der Waals surface area contributed by atoms with Crippen molar-refractivity contribution in [2.24, 2.45) is 5.92 Å². The average Bonchev–Trinajstić information content (AvgIpc) is 2.38. The molecule has 0 amide bonds. The van der Waals surface area contributed by atoms with Crippen LogP contribution in [0.1, 0.15) is 42.5 Å². The maximum atomic E-state index is 12.3. The van der Waals surface area contributed by atoms with E-state index < -0.39 is 12.1 Å². The van der Waals surface area contributed by atoms with Gasteiger partial charge in [0.05, 0.1) is 5.56 Å². The van der Waals surface area contributed by atoms with Gasteiger partial charge in [-0.25, -0.2) is 0 Å². The number of halogens is 3. The second-order valence-electron chi connectivity index (χ2n) is 4.74. The fourth-order valence-corrected chi connectivity index (χ4v) is 2.47. The molecule has 2 rings (SSSR count). The Bertz CT molecular complexity index is 448. The summed E-state index contributed by atoms with van der Waals surface area (Å²) in [5, 5.41) is 0. The van der Waals surface area contributed by atoms with Crippen LogP contribution in [0.2, 0.25) is 0 Å². The van der Waals surface area contributed by atoms with Crippen LogP contribution in [0.15, 0.2) is 24.3 Å². The second-order valence-corrected chi connectivity index (χ2v) is 4.74. The minimum Gasteiger partial charge on any atom is -0.405 e. The molecule has 1 fully saturated rings. The smallest absolute Gasteiger partial charge is 0.405 e. The minimum atomic E-state index is -4.77. The van der Waals surface area contributed by atoms with Crippen molar-refractivity contribution in [3.63, 3.8) is 0 Å². The molecule has 0 heterocycles. The molecule has 1 aliphatic rings. The van der Waals surface area contributed by atoms with E-state index in [0.717, 1.165) is 32.1 Å². The first-order valence-electron chi connectivity index (χ1n) is 6.36. The monoisotopic (exact) mass is 272 g/mol. The first kappa shape index (κ1) is 13.9. The average molecular weight is 272 g/mol. The number of rotatable bonds is 3. The Labute approximate surface area is 109 Å². The second kappa shape index (κ2) is 5.63. The number of ether oxygens (including phenoxy) is 1. The normalized spacial score (nSPS) is 17.2. The van der Waals surface area contributed by atoms with Gasteiger partial charge in [-0.05, 0) is 25.0 Å². The Morgan fingerprint density at radius 1 is 1.11 bits per heavy atom. The molecule has 0 radical (unpaired) electrons. The van der Waals surface area contributed by atoms with Crippen LogP contribution in [0.25, 0.3) is 0 Å². The van der Waals surface area contributed by atoms with E-state index in [-0.39, 0.29) is 17.3 Å². The lowest BCUT2D eigenvalue weighted by atomic mass is 9.83.